The number of carbonyl (C=O) groups is 1. The Kier molecular flexibility index (Phi) is 3.46. The van der Waals surface area contributed by atoms with E-state index in [0.29, 0.717) is 11.3 Å². The lowest BCUT2D eigenvalue weighted by atomic mass is 10.0. The largest absolute Gasteiger partial charge is 0.497 e. The molecule has 0 spiro atoms. The molecule has 1 rings (SSSR count). The van der Waals surface area contributed by atoms with Gasteiger partial charge in [-0.3, -0.25) is 4.79 Å². The molecule has 0 saturated carbocycles. The second kappa shape index (κ2) is 4.61. The van der Waals surface area contributed by atoms with Crippen LogP contribution in [0.25, 0.3) is 0 Å². The van der Waals surface area contributed by atoms with E-state index in [4.69, 9.17) is 4.74 Å². The average Bonchev–Trinajstić information content (AvgIpc) is 2.27. The van der Waals surface area contributed by atoms with Crippen LogP contribution in [0.2, 0.25) is 0 Å². The van der Waals surface area contributed by atoms with Crippen LogP contribution in [0.5, 0.6) is 5.75 Å². The lowest BCUT2D eigenvalue weighted by Crippen LogP contribution is -2.00. The Labute approximate surface area is 84.2 Å². The highest BCUT2D eigenvalue weighted by Crippen LogP contribution is 2.15. The molecule has 0 N–H and O–H groups in total. The van der Waals surface area contributed by atoms with Crippen molar-refractivity contribution in [2.75, 3.05) is 7.11 Å². The number of allylic oxidation sites excluding steroid dienone is 2. The molecule has 14 heavy (non-hydrogen) atoms. The quantitative estimate of drug-likeness (QED) is 0.541. The standard InChI is InChI=1S/C12H14O2/c1-4-9(2)12(13)10-6-5-7-11(8-10)14-3/h4-8H,1-3H3/b9-4+. The van der Waals surface area contributed by atoms with Crippen LogP contribution in [0.3, 0.4) is 0 Å². The Morgan fingerprint density at radius 3 is 2.71 bits per heavy atom. The summed E-state index contributed by atoms with van der Waals surface area (Å²) in [5.41, 5.74) is 1.42. The molecule has 1 aromatic rings. The van der Waals surface area contributed by atoms with Crippen LogP contribution in [0.1, 0.15) is 24.2 Å². The van der Waals surface area contributed by atoms with Gasteiger partial charge in [0, 0.05) is 5.56 Å². The first-order valence-electron chi connectivity index (χ1n) is 4.50. The Morgan fingerprint density at radius 1 is 1.43 bits per heavy atom. The number of carbonyl (C=O) groups excluding carboxylic acids is 1. The normalized spacial score (nSPS) is 11.2. The van der Waals surface area contributed by atoms with Crippen molar-refractivity contribution in [2.24, 2.45) is 0 Å². The molecule has 0 unspecified atom stereocenters. The lowest BCUT2D eigenvalue weighted by molar-refractivity contribution is 0.103. The highest BCUT2D eigenvalue weighted by atomic mass is 16.5. The molecule has 0 radical (unpaired) electrons. The van der Waals surface area contributed by atoms with Gasteiger partial charge in [-0.25, -0.2) is 0 Å². The van der Waals surface area contributed by atoms with Gasteiger partial charge in [-0.2, -0.15) is 0 Å². The molecule has 0 aliphatic rings. The highest BCUT2D eigenvalue weighted by molar-refractivity contribution is 6.08. The smallest absolute Gasteiger partial charge is 0.188 e. The fourth-order valence-corrected chi connectivity index (χ4v) is 1.12. The van der Waals surface area contributed by atoms with Crippen molar-refractivity contribution in [2.45, 2.75) is 13.8 Å². The van der Waals surface area contributed by atoms with Crippen LogP contribution < -0.4 is 4.74 Å². The van der Waals surface area contributed by atoms with E-state index in [9.17, 15) is 4.79 Å². The van der Waals surface area contributed by atoms with Gasteiger partial charge in [0.2, 0.25) is 0 Å². The average molecular weight is 190 g/mol. The number of ether oxygens (including phenoxy) is 1. The monoisotopic (exact) mass is 190 g/mol. The van der Waals surface area contributed by atoms with Crippen molar-refractivity contribution in [1.29, 1.82) is 0 Å². The number of benzene rings is 1. The van der Waals surface area contributed by atoms with Crippen molar-refractivity contribution >= 4 is 5.78 Å². The molecule has 74 valence electrons. The Balaban J connectivity index is 3.01. The van der Waals surface area contributed by atoms with E-state index in [1.54, 1.807) is 19.2 Å². The van der Waals surface area contributed by atoms with Gasteiger partial charge < -0.3 is 4.74 Å². The number of rotatable bonds is 3. The van der Waals surface area contributed by atoms with E-state index in [1.807, 2.05) is 32.1 Å². The Bertz CT molecular complexity index is 364. The van der Waals surface area contributed by atoms with Gasteiger partial charge >= 0.3 is 0 Å². The zero-order chi connectivity index (χ0) is 10.6. The van der Waals surface area contributed by atoms with Crippen LogP contribution in [0.15, 0.2) is 35.9 Å². The van der Waals surface area contributed by atoms with E-state index < -0.39 is 0 Å². The van der Waals surface area contributed by atoms with Crippen LogP contribution in [0, 0.1) is 0 Å². The van der Waals surface area contributed by atoms with Crippen molar-refractivity contribution in [3.05, 3.63) is 41.5 Å². The lowest BCUT2D eigenvalue weighted by Gasteiger charge is -2.03. The summed E-state index contributed by atoms with van der Waals surface area (Å²) in [7, 11) is 1.59. The summed E-state index contributed by atoms with van der Waals surface area (Å²) in [6.07, 6.45) is 1.81. The summed E-state index contributed by atoms with van der Waals surface area (Å²) >= 11 is 0. The number of methoxy groups -OCH3 is 1. The molecule has 1 aromatic carbocycles. The molecular formula is C12H14O2. The predicted molar refractivity (Wildman–Crippen MR) is 56.8 cm³/mol. The zero-order valence-corrected chi connectivity index (χ0v) is 8.70. The van der Waals surface area contributed by atoms with Gasteiger partial charge in [0.1, 0.15) is 5.75 Å². The minimum atomic E-state index is 0.0476. The van der Waals surface area contributed by atoms with Crippen molar-refractivity contribution in [3.8, 4) is 5.75 Å². The first-order valence-corrected chi connectivity index (χ1v) is 4.50. The maximum absolute atomic E-state index is 11.7. The number of ketones is 1. The summed E-state index contributed by atoms with van der Waals surface area (Å²) in [6, 6.07) is 7.17. The summed E-state index contributed by atoms with van der Waals surface area (Å²) in [4.78, 5) is 11.7. The first kappa shape index (κ1) is 10.5. The van der Waals surface area contributed by atoms with Crippen molar-refractivity contribution < 1.29 is 9.53 Å². The SMILES string of the molecule is C/C=C(\C)C(=O)c1cccc(OC)c1. The summed E-state index contributed by atoms with van der Waals surface area (Å²) in [6.45, 7) is 3.66. The van der Waals surface area contributed by atoms with E-state index in [0.717, 1.165) is 5.57 Å². The van der Waals surface area contributed by atoms with E-state index in [1.165, 1.54) is 0 Å². The van der Waals surface area contributed by atoms with Gasteiger partial charge in [-0.15, -0.1) is 0 Å². The van der Waals surface area contributed by atoms with Crippen LogP contribution >= 0.6 is 0 Å². The minimum absolute atomic E-state index is 0.0476. The molecule has 0 aromatic heterocycles. The third-order valence-corrected chi connectivity index (χ3v) is 2.12. The van der Waals surface area contributed by atoms with Gasteiger partial charge in [0.05, 0.1) is 7.11 Å². The molecule has 0 aliphatic carbocycles. The van der Waals surface area contributed by atoms with Gasteiger partial charge in [-0.05, 0) is 31.6 Å². The maximum Gasteiger partial charge on any atom is 0.188 e. The second-order valence-corrected chi connectivity index (χ2v) is 3.03. The zero-order valence-electron chi connectivity index (χ0n) is 8.70. The van der Waals surface area contributed by atoms with Crippen LogP contribution in [0.4, 0.5) is 0 Å². The summed E-state index contributed by atoms with van der Waals surface area (Å²) in [5.74, 6) is 0.756. The molecule has 0 aliphatic heterocycles. The van der Waals surface area contributed by atoms with E-state index in [2.05, 4.69) is 0 Å². The molecule has 0 fully saturated rings. The third kappa shape index (κ3) is 2.22. The van der Waals surface area contributed by atoms with Crippen LogP contribution in [-0.4, -0.2) is 12.9 Å². The van der Waals surface area contributed by atoms with Gasteiger partial charge in [0.25, 0.3) is 0 Å². The highest BCUT2D eigenvalue weighted by Gasteiger charge is 2.07. The van der Waals surface area contributed by atoms with Crippen LogP contribution in [-0.2, 0) is 0 Å². The van der Waals surface area contributed by atoms with E-state index in [-0.39, 0.29) is 5.78 Å². The molecule has 0 bridgehead atoms. The summed E-state index contributed by atoms with van der Waals surface area (Å²) in [5, 5.41) is 0. The van der Waals surface area contributed by atoms with Gasteiger partial charge in [0.15, 0.2) is 5.78 Å². The number of hydrogen-bond acceptors (Lipinski definition) is 2. The molecule has 0 heterocycles. The first-order chi connectivity index (χ1) is 6.69. The fraction of sp³-hybridized carbons (Fsp3) is 0.250. The van der Waals surface area contributed by atoms with Crippen molar-refractivity contribution in [1.82, 2.24) is 0 Å². The summed E-state index contributed by atoms with van der Waals surface area (Å²) < 4.78 is 5.05. The molecule has 2 heteroatoms. The van der Waals surface area contributed by atoms with E-state index >= 15 is 0 Å². The molecule has 0 saturated heterocycles. The molecule has 2 nitrogen and oxygen atoms in total. The van der Waals surface area contributed by atoms with Crippen molar-refractivity contribution in [3.63, 3.8) is 0 Å². The number of Topliss-reactive ketones (excluding diaryl/α,β-unsaturated/α-hetero) is 1. The maximum atomic E-state index is 11.7. The van der Waals surface area contributed by atoms with Gasteiger partial charge in [-0.1, -0.05) is 18.2 Å². The fourth-order valence-electron chi connectivity index (χ4n) is 1.12. The molecule has 0 atom stereocenters. The Hall–Kier alpha value is -1.57. The topological polar surface area (TPSA) is 26.3 Å². The number of hydrogen-bond donors (Lipinski definition) is 0. The second-order valence-electron chi connectivity index (χ2n) is 3.03. The molecular weight excluding hydrogens is 176 g/mol. The predicted octanol–water partition coefficient (Wildman–Crippen LogP) is 2.84. The molecule has 0 amide bonds. The third-order valence-electron chi connectivity index (χ3n) is 2.12. The Morgan fingerprint density at radius 2 is 2.14 bits per heavy atom. The minimum Gasteiger partial charge on any atom is -0.497 e.